The number of aryl methyl sites for hydroxylation is 1. The molecule has 6 heteroatoms. The first-order chi connectivity index (χ1) is 9.72. The molecule has 3 N–H and O–H groups in total. The van der Waals surface area contributed by atoms with E-state index in [2.05, 4.69) is 39.3 Å². The normalized spacial score (nSPS) is 10.8. The smallest absolute Gasteiger partial charge is 0.223 e. The van der Waals surface area contributed by atoms with Gasteiger partial charge in [-0.2, -0.15) is 4.98 Å². The summed E-state index contributed by atoms with van der Waals surface area (Å²) < 4.78 is 0. The number of nitrogen functional groups attached to an aromatic ring is 1. The van der Waals surface area contributed by atoms with E-state index in [9.17, 15) is 0 Å². The molecule has 102 valence electrons. The minimum absolute atomic E-state index is 0.309. The molecule has 0 aliphatic heterocycles. The van der Waals surface area contributed by atoms with E-state index in [1.165, 1.54) is 10.4 Å². The van der Waals surface area contributed by atoms with Gasteiger partial charge in [0.15, 0.2) is 0 Å². The molecule has 0 aliphatic carbocycles. The second kappa shape index (κ2) is 5.42. The van der Waals surface area contributed by atoms with Crippen molar-refractivity contribution in [2.45, 2.75) is 13.3 Å². The van der Waals surface area contributed by atoms with Gasteiger partial charge in [-0.05, 0) is 31.0 Å². The number of aromatic nitrogens is 3. The number of thiophene rings is 1. The van der Waals surface area contributed by atoms with Crippen molar-refractivity contribution in [2.75, 3.05) is 17.6 Å². The van der Waals surface area contributed by atoms with Gasteiger partial charge >= 0.3 is 0 Å². The summed E-state index contributed by atoms with van der Waals surface area (Å²) >= 11 is 1.63. The van der Waals surface area contributed by atoms with Crippen LogP contribution in [0, 0.1) is 6.92 Å². The zero-order chi connectivity index (χ0) is 13.9. The van der Waals surface area contributed by atoms with Crippen LogP contribution in [0.4, 0.5) is 11.8 Å². The molecule has 0 saturated carbocycles. The maximum Gasteiger partial charge on any atom is 0.223 e. The minimum Gasteiger partial charge on any atom is -0.369 e. The molecule has 0 aromatic carbocycles. The summed E-state index contributed by atoms with van der Waals surface area (Å²) in [6.45, 7) is 2.84. The number of anilines is 2. The lowest BCUT2D eigenvalue weighted by Crippen LogP contribution is -2.08. The topological polar surface area (TPSA) is 76.7 Å². The van der Waals surface area contributed by atoms with Crippen LogP contribution in [0.3, 0.4) is 0 Å². The molecule has 5 nitrogen and oxygen atoms in total. The summed E-state index contributed by atoms with van der Waals surface area (Å²) in [6.07, 6.45) is 4.54. The summed E-state index contributed by atoms with van der Waals surface area (Å²) in [7, 11) is 0. The Hall–Kier alpha value is -2.21. The fraction of sp³-hybridized carbons (Fsp3) is 0.214. The van der Waals surface area contributed by atoms with E-state index >= 15 is 0 Å². The molecule has 0 bridgehead atoms. The van der Waals surface area contributed by atoms with Gasteiger partial charge in [0, 0.05) is 23.8 Å². The predicted molar refractivity (Wildman–Crippen MR) is 83.0 cm³/mol. The van der Waals surface area contributed by atoms with Crippen molar-refractivity contribution in [3.63, 3.8) is 0 Å². The van der Waals surface area contributed by atoms with Crippen molar-refractivity contribution in [3.05, 3.63) is 41.0 Å². The maximum absolute atomic E-state index is 5.75. The SMILES string of the molecule is Cc1cc2c(NCCc3cccnc3)nc(N)nc2s1. The molecular formula is C14H15N5S. The molecular weight excluding hydrogens is 270 g/mol. The van der Waals surface area contributed by atoms with E-state index in [4.69, 9.17) is 5.73 Å². The summed E-state index contributed by atoms with van der Waals surface area (Å²) in [4.78, 5) is 14.8. The molecule has 20 heavy (non-hydrogen) atoms. The number of hydrogen-bond acceptors (Lipinski definition) is 6. The first kappa shape index (κ1) is 12.8. The number of nitrogens with zero attached hydrogens (tertiary/aromatic N) is 3. The van der Waals surface area contributed by atoms with Crippen molar-refractivity contribution < 1.29 is 0 Å². The van der Waals surface area contributed by atoms with Gasteiger partial charge in [-0.3, -0.25) is 4.98 Å². The van der Waals surface area contributed by atoms with Gasteiger partial charge in [0.05, 0.1) is 5.39 Å². The lowest BCUT2D eigenvalue weighted by Gasteiger charge is -2.07. The van der Waals surface area contributed by atoms with Gasteiger partial charge in [0.25, 0.3) is 0 Å². The first-order valence-corrected chi connectivity index (χ1v) is 7.20. The van der Waals surface area contributed by atoms with E-state index in [0.29, 0.717) is 5.95 Å². The second-order valence-electron chi connectivity index (χ2n) is 4.54. The van der Waals surface area contributed by atoms with Crippen molar-refractivity contribution in [1.82, 2.24) is 15.0 Å². The molecule has 0 amide bonds. The van der Waals surface area contributed by atoms with Crippen molar-refractivity contribution in [1.29, 1.82) is 0 Å². The van der Waals surface area contributed by atoms with Crippen molar-refractivity contribution in [3.8, 4) is 0 Å². The molecule has 3 aromatic rings. The van der Waals surface area contributed by atoms with Crippen molar-refractivity contribution in [2.24, 2.45) is 0 Å². The predicted octanol–water partition coefficient (Wildman–Crippen LogP) is 2.63. The highest BCUT2D eigenvalue weighted by molar-refractivity contribution is 7.18. The Bertz CT molecular complexity index is 723. The fourth-order valence-corrected chi connectivity index (χ4v) is 2.95. The number of nitrogens with one attached hydrogen (secondary N) is 1. The summed E-state index contributed by atoms with van der Waals surface area (Å²) in [5.74, 6) is 1.11. The standard InChI is InChI=1S/C14H15N5S/c1-9-7-11-12(18-14(15)19-13(11)20-9)17-6-4-10-3-2-5-16-8-10/h2-3,5,7-8H,4,6H2,1H3,(H3,15,17,18,19). The average Bonchev–Trinajstić information content (AvgIpc) is 2.80. The highest BCUT2D eigenvalue weighted by Gasteiger charge is 2.08. The molecule has 0 spiro atoms. The summed E-state index contributed by atoms with van der Waals surface area (Å²) in [5, 5.41) is 4.37. The van der Waals surface area contributed by atoms with Crippen LogP contribution in [0.1, 0.15) is 10.4 Å². The number of fused-ring (bicyclic) bond motifs is 1. The number of rotatable bonds is 4. The van der Waals surface area contributed by atoms with Crippen LogP contribution >= 0.6 is 11.3 Å². The fourth-order valence-electron chi connectivity index (χ4n) is 2.06. The molecule has 3 heterocycles. The van der Waals surface area contributed by atoms with Gasteiger partial charge in [-0.15, -0.1) is 11.3 Å². The number of pyridine rings is 1. The van der Waals surface area contributed by atoms with Crippen LogP contribution in [-0.4, -0.2) is 21.5 Å². The van der Waals surface area contributed by atoms with E-state index < -0.39 is 0 Å². The summed E-state index contributed by atoms with van der Waals surface area (Å²) in [5.41, 5.74) is 6.95. The monoisotopic (exact) mass is 285 g/mol. The van der Waals surface area contributed by atoms with Gasteiger partial charge in [0.1, 0.15) is 10.6 Å². The van der Waals surface area contributed by atoms with Crippen LogP contribution in [0.2, 0.25) is 0 Å². The zero-order valence-corrected chi connectivity index (χ0v) is 11.9. The Labute approximate surface area is 120 Å². The van der Waals surface area contributed by atoms with Crippen LogP contribution in [0.15, 0.2) is 30.6 Å². The largest absolute Gasteiger partial charge is 0.369 e. The highest BCUT2D eigenvalue weighted by Crippen LogP contribution is 2.28. The van der Waals surface area contributed by atoms with E-state index in [1.807, 2.05) is 12.3 Å². The van der Waals surface area contributed by atoms with E-state index in [-0.39, 0.29) is 0 Å². The second-order valence-corrected chi connectivity index (χ2v) is 5.78. The zero-order valence-electron chi connectivity index (χ0n) is 11.1. The Morgan fingerprint density at radius 2 is 2.25 bits per heavy atom. The molecule has 0 saturated heterocycles. The molecule has 0 radical (unpaired) electrons. The number of nitrogens with two attached hydrogens (primary N) is 1. The van der Waals surface area contributed by atoms with Gasteiger partial charge in [0.2, 0.25) is 5.95 Å². The van der Waals surface area contributed by atoms with E-state index in [1.54, 1.807) is 17.5 Å². The molecule has 3 rings (SSSR count). The van der Waals surface area contributed by atoms with Crippen LogP contribution < -0.4 is 11.1 Å². The quantitative estimate of drug-likeness (QED) is 0.770. The van der Waals surface area contributed by atoms with Crippen LogP contribution in [0.5, 0.6) is 0 Å². The molecule has 0 unspecified atom stereocenters. The Kier molecular flexibility index (Phi) is 3.47. The maximum atomic E-state index is 5.75. The molecule has 0 fully saturated rings. The lowest BCUT2D eigenvalue weighted by molar-refractivity contribution is 0.995. The third kappa shape index (κ3) is 2.70. The van der Waals surface area contributed by atoms with Gasteiger partial charge in [-0.1, -0.05) is 6.07 Å². The average molecular weight is 285 g/mol. The molecule has 3 aromatic heterocycles. The third-order valence-electron chi connectivity index (χ3n) is 2.96. The lowest BCUT2D eigenvalue weighted by atomic mass is 10.2. The number of hydrogen-bond donors (Lipinski definition) is 2. The highest BCUT2D eigenvalue weighted by atomic mass is 32.1. The molecule has 0 aliphatic rings. The van der Waals surface area contributed by atoms with Crippen LogP contribution in [-0.2, 0) is 6.42 Å². The van der Waals surface area contributed by atoms with Crippen LogP contribution in [0.25, 0.3) is 10.2 Å². The minimum atomic E-state index is 0.309. The Morgan fingerprint density at radius 1 is 1.35 bits per heavy atom. The molecule has 0 atom stereocenters. The van der Waals surface area contributed by atoms with Crippen molar-refractivity contribution >= 4 is 33.3 Å². The summed E-state index contributed by atoms with van der Waals surface area (Å²) in [6, 6.07) is 6.09. The third-order valence-corrected chi connectivity index (χ3v) is 3.91. The van der Waals surface area contributed by atoms with Gasteiger partial charge < -0.3 is 11.1 Å². The van der Waals surface area contributed by atoms with E-state index in [0.717, 1.165) is 29.0 Å². The van der Waals surface area contributed by atoms with Gasteiger partial charge in [-0.25, -0.2) is 4.98 Å². The Balaban J connectivity index is 1.77. The first-order valence-electron chi connectivity index (χ1n) is 6.39. The Morgan fingerprint density at radius 3 is 3.05 bits per heavy atom.